The molecule has 1 aliphatic rings. The maximum absolute atomic E-state index is 12.5. The molecule has 126 valence electrons. The molecule has 0 amide bonds. The summed E-state index contributed by atoms with van der Waals surface area (Å²) in [6.45, 7) is 1.57. The van der Waals surface area contributed by atoms with E-state index in [1.807, 2.05) is 0 Å². The Morgan fingerprint density at radius 1 is 1.30 bits per heavy atom. The predicted octanol–water partition coefficient (Wildman–Crippen LogP) is 1.82. The van der Waals surface area contributed by atoms with Crippen LogP contribution in [0.4, 0.5) is 5.69 Å². The van der Waals surface area contributed by atoms with Gasteiger partial charge in [-0.2, -0.15) is 0 Å². The number of sulfonamides is 1. The van der Waals surface area contributed by atoms with Crippen LogP contribution in [0.5, 0.6) is 0 Å². The Hall–Kier alpha value is -2.00. The van der Waals surface area contributed by atoms with Crippen LogP contribution in [0.3, 0.4) is 0 Å². The van der Waals surface area contributed by atoms with Crippen LogP contribution in [0, 0.1) is 23.0 Å². The molecule has 1 saturated carbocycles. The molecule has 1 fully saturated rings. The number of non-ortho nitro benzene ring substituents is 1. The molecule has 0 radical (unpaired) electrons. The zero-order valence-corrected chi connectivity index (χ0v) is 13.4. The smallest absolute Gasteiger partial charge is 0.306 e. The quantitative estimate of drug-likeness (QED) is 0.621. The third kappa shape index (κ3) is 4.05. The van der Waals surface area contributed by atoms with Crippen molar-refractivity contribution in [2.75, 3.05) is 0 Å². The van der Waals surface area contributed by atoms with Gasteiger partial charge in [0.2, 0.25) is 10.0 Å². The molecule has 1 aromatic rings. The maximum atomic E-state index is 12.5. The van der Waals surface area contributed by atoms with Gasteiger partial charge in [-0.05, 0) is 38.2 Å². The van der Waals surface area contributed by atoms with Gasteiger partial charge >= 0.3 is 5.97 Å². The van der Waals surface area contributed by atoms with E-state index in [0.717, 1.165) is 6.07 Å². The van der Waals surface area contributed by atoms with E-state index in [1.165, 1.54) is 12.1 Å². The maximum Gasteiger partial charge on any atom is 0.306 e. The van der Waals surface area contributed by atoms with Crippen LogP contribution in [0.25, 0.3) is 0 Å². The first-order chi connectivity index (χ1) is 10.7. The Bertz CT molecular complexity index is 723. The van der Waals surface area contributed by atoms with Crippen molar-refractivity contribution in [3.05, 3.63) is 33.9 Å². The molecular formula is C14H18N2O6S. The van der Waals surface area contributed by atoms with Crippen molar-refractivity contribution in [2.45, 2.75) is 43.5 Å². The van der Waals surface area contributed by atoms with Crippen molar-refractivity contribution in [1.29, 1.82) is 0 Å². The van der Waals surface area contributed by atoms with Gasteiger partial charge in [0, 0.05) is 18.2 Å². The number of rotatable bonds is 5. The third-order valence-corrected chi connectivity index (χ3v) is 5.73. The number of aryl methyl sites for hydroxylation is 1. The fourth-order valence-electron chi connectivity index (χ4n) is 2.73. The predicted molar refractivity (Wildman–Crippen MR) is 81.5 cm³/mol. The molecule has 9 heteroatoms. The number of hydrogen-bond donors (Lipinski definition) is 2. The Kier molecular flexibility index (Phi) is 5.00. The Morgan fingerprint density at radius 3 is 2.43 bits per heavy atom. The highest BCUT2D eigenvalue weighted by Crippen LogP contribution is 2.27. The molecule has 0 heterocycles. The first-order valence-electron chi connectivity index (χ1n) is 7.21. The number of nitrogens with zero attached hydrogens (tertiary/aromatic N) is 1. The number of carboxylic acid groups (broad SMARTS) is 1. The Morgan fingerprint density at radius 2 is 1.91 bits per heavy atom. The summed E-state index contributed by atoms with van der Waals surface area (Å²) in [5.41, 5.74) is 0.132. The van der Waals surface area contributed by atoms with Gasteiger partial charge in [0.25, 0.3) is 5.69 Å². The van der Waals surface area contributed by atoms with Gasteiger partial charge in [0.15, 0.2) is 0 Å². The minimum Gasteiger partial charge on any atom is -0.481 e. The zero-order valence-electron chi connectivity index (χ0n) is 12.6. The average Bonchev–Trinajstić information content (AvgIpc) is 2.47. The highest BCUT2D eigenvalue weighted by molar-refractivity contribution is 7.89. The topological polar surface area (TPSA) is 127 Å². The van der Waals surface area contributed by atoms with Crippen LogP contribution < -0.4 is 4.72 Å². The number of carboxylic acids is 1. The van der Waals surface area contributed by atoms with Gasteiger partial charge in [-0.1, -0.05) is 6.07 Å². The third-order valence-electron chi connectivity index (χ3n) is 4.07. The number of carbonyl (C=O) groups is 1. The summed E-state index contributed by atoms with van der Waals surface area (Å²) in [5, 5.41) is 19.8. The van der Waals surface area contributed by atoms with Crippen molar-refractivity contribution in [3.8, 4) is 0 Å². The van der Waals surface area contributed by atoms with E-state index in [4.69, 9.17) is 5.11 Å². The van der Waals surface area contributed by atoms with E-state index in [9.17, 15) is 23.3 Å². The van der Waals surface area contributed by atoms with E-state index < -0.39 is 26.8 Å². The summed E-state index contributed by atoms with van der Waals surface area (Å²) in [7, 11) is -3.89. The molecule has 2 N–H and O–H groups in total. The van der Waals surface area contributed by atoms with Crippen LogP contribution in [0.15, 0.2) is 23.1 Å². The lowest BCUT2D eigenvalue weighted by Gasteiger charge is -2.26. The van der Waals surface area contributed by atoms with Gasteiger partial charge in [0.1, 0.15) is 0 Å². The molecule has 0 spiro atoms. The molecule has 2 rings (SSSR count). The number of aliphatic carboxylic acids is 1. The van der Waals surface area contributed by atoms with Crippen LogP contribution in [-0.2, 0) is 14.8 Å². The first kappa shape index (κ1) is 17.4. The van der Waals surface area contributed by atoms with E-state index in [1.54, 1.807) is 6.92 Å². The lowest BCUT2D eigenvalue weighted by Crippen LogP contribution is -2.38. The Balaban J connectivity index is 2.15. The average molecular weight is 342 g/mol. The van der Waals surface area contributed by atoms with Crippen LogP contribution in [-0.4, -0.2) is 30.5 Å². The SMILES string of the molecule is Cc1ccc([N+](=O)[O-])cc1S(=O)(=O)NC1CCC(C(=O)O)CC1. The molecule has 23 heavy (non-hydrogen) atoms. The lowest BCUT2D eigenvalue weighted by atomic mass is 9.87. The fourth-order valence-corrected chi connectivity index (χ4v) is 4.30. The van der Waals surface area contributed by atoms with Gasteiger partial charge in [0.05, 0.1) is 15.7 Å². The van der Waals surface area contributed by atoms with Gasteiger partial charge in [-0.3, -0.25) is 14.9 Å². The molecule has 0 atom stereocenters. The number of nitrogens with one attached hydrogen (secondary N) is 1. The monoisotopic (exact) mass is 342 g/mol. The molecule has 0 bridgehead atoms. The molecule has 8 nitrogen and oxygen atoms in total. The van der Waals surface area contributed by atoms with Crippen molar-refractivity contribution in [3.63, 3.8) is 0 Å². The fraction of sp³-hybridized carbons (Fsp3) is 0.500. The van der Waals surface area contributed by atoms with E-state index in [-0.39, 0.29) is 16.6 Å². The van der Waals surface area contributed by atoms with Crippen molar-refractivity contribution in [2.24, 2.45) is 5.92 Å². The summed E-state index contributed by atoms with van der Waals surface area (Å²) >= 11 is 0. The standard InChI is InChI=1S/C14H18N2O6S/c1-9-2-7-12(16(19)20)8-13(9)23(21,22)15-11-5-3-10(4-6-11)14(17)18/h2,7-8,10-11,15H,3-6H2,1H3,(H,17,18). The lowest BCUT2D eigenvalue weighted by molar-refractivity contribution is -0.385. The minimum atomic E-state index is -3.89. The van der Waals surface area contributed by atoms with Crippen LogP contribution in [0.1, 0.15) is 31.2 Å². The summed E-state index contributed by atoms with van der Waals surface area (Å²) in [6, 6.07) is 3.34. The van der Waals surface area contributed by atoms with Crippen LogP contribution in [0.2, 0.25) is 0 Å². The van der Waals surface area contributed by atoms with Crippen molar-refractivity contribution in [1.82, 2.24) is 4.72 Å². The number of nitro benzene ring substituents is 1. The summed E-state index contributed by atoms with van der Waals surface area (Å²) < 4.78 is 27.5. The number of hydrogen-bond acceptors (Lipinski definition) is 5. The van der Waals surface area contributed by atoms with E-state index in [0.29, 0.717) is 31.2 Å². The van der Waals surface area contributed by atoms with E-state index >= 15 is 0 Å². The van der Waals surface area contributed by atoms with Gasteiger partial charge < -0.3 is 5.11 Å². The summed E-state index contributed by atoms with van der Waals surface area (Å²) in [4.78, 5) is 21.0. The second-order valence-corrected chi connectivity index (χ2v) is 7.40. The molecule has 1 aromatic carbocycles. The number of nitro groups is 1. The second-order valence-electron chi connectivity index (χ2n) is 5.71. The van der Waals surface area contributed by atoms with Crippen molar-refractivity contribution < 1.29 is 23.2 Å². The highest BCUT2D eigenvalue weighted by Gasteiger charge is 2.30. The largest absolute Gasteiger partial charge is 0.481 e. The molecule has 0 aliphatic heterocycles. The normalized spacial score (nSPS) is 21.8. The van der Waals surface area contributed by atoms with Crippen molar-refractivity contribution >= 4 is 21.7 Å². The van der Waals surface area contributed by atoms with Gasteiger partial charge in [-0.15, -0.1) is 0 Å². The minimum absolute atomic E-state index is 0.118. The number of benzene rings is 1. The second kappa shape index (κ2) is 6.63. The summed E-state index contributed by atoms with van der Waals surface area (Å²) in [6.07, 6.45) is 1.70. The molecule has 0 aromatic heterocycles. The molecule has 1 aliphatic carbocycles. The van der Waals surface area contributed by atoms with E-state index in [2.05, 4.69) is 4.72 Å². The van der Waals surface area contributed by atoms with Crippen LogP contribution >= 0.6 is 0 Å². The molecule has 0 saturated heterocycles. The van der Waals surface area contributed by atoms with Gasteiger partial charge in [-0.25, -0.2) is 13.1 Å². The zero-order chi connectivity index (χ0) is 17.2. The summed E-state index contributed by atoms with van der Waals surface area (Å²) in [5.74, 6) is -1.30. The highest BCUT2D eigenvalue weighted by atomic mass is 32.2. The first-order valence-corrected chi connectivity index (χ1v) is 8.69. The molecular weight excluding hydrogens is 324 g/mol. The Labute approximate surface area is 133 Å². The molecule has 0 unspecified atom stereocenters.